The van der Waals surface area contributed by atoms with Crippen LogP contribution in [0.25, 0.3) is 0 Å². The van der Waals surface area contributed by atoms with Crippen LogP contribution in [0.15, 0.2) is 36.0 Å². The van der Waals surface area contributed by atoms with Gasteiger partial charge in [0.2, 0.25) is 0 Å². The van der Waals surface area contributed by atoms with E-state index in [1.54, 1.807) is 6.08 Å². The Hall–Kier alpha value is -2.12. The molecule has 2 atom stereocenters. The normalized spacial score (nSPS) is 19.7. The zero-order valence-corrected chi connectivity index (χ0v) is 14.2. The van der Waals surface area contributed by atoms with Crippen LogP contribution >= 0.6 is 0 Å². The van der Waals surface area contributed by atoms with E-state index in [4.69, 9.17) is 5.11 Å². The van der Waals surface area contributed by atoms with Crippen LogP contribution < -0.4 is 0 Å². The highest BCUT2D eigenvalue weighted by molar-refractivity contribution is 6.07. The number of aliphatic hydroxyl groups is 1. The predicted octanol–water partition coefficient (Wildman–Crippen LogP) is 3.42. The quantitative estimate of drug-likeness (QED) is 0.294. The van der Waals surface area contributed by atoms with Crippen molar-refractivity contribution in [2.45, 2.75) is 58.0 Å². The second kappa shape index (κ2) is 11.4. The van der Waals surface area contributed by atoms with Crippen molar-refractivity contribution >= 4 is 11.8 Å². The zero-order chi connectivity index (χ0) is 17.8. The molecule has 2 unspecified atom stereocenters. The molecule has 0 heterocycles. The Morgan fingerprint density at radius 1 is 1.38 bits per heavy atom. The predicted molar refractivity (Wildman–Crippen MR) is 94.3 cm³/mol. The topological polar surface area (TPSA) is 74.6 Å². The molecule has 0 bridgehead atoms. The number of aliphatic carboxylic acids is 1. The SMILES string of the molecule is CCC#CCC(O)CC=C1C(=O)C=CC1CC=CCCCC(=O)O. The molecule has 0 spiro atoms. The Kier molecular flexibility index (Phi) is 9.48. The fraction of sp³-hybridized carbons (Fsp3) is 0.500. The molecule has 1 rings (SSSR count). The second-order valence-electron chi connectivity index (χ2n) is 5.78. The van der Waals surface area contributed by atoms with Gasteiger partial charge in [0.1, 0.15) is 0 Å². The summed E-state index contributed by atoms with van der Waals surface area (Å²) >= 11 is 0. The Balaban J connectivity index is 2.44. The number of hydrogen-bond acceptors (Lipinski definition) is 3. The maximum Gasteiger partial charge on any atom is 0.303 e. The van der Waals surface area contributed by atoms with Gasteiger partial charge in [-0.2, -0.15) is 0 Å². The lowest BCUT2D eigenvalue weighted by molar-refractivity contribution is -0.137. The van der Waals surface area contributed by atoms with Crippen molar-refractivity contribution in [1.29, 1.82) is 0 Å². The monoisotopic (exact) mass is 330 g/mol. The molecule has 0 radical (unpaired) electrons. The number of carboxylic acids is 1. The van der Waals surface area contributed by atoms with Crippen LogP contribution in [-0.4, -0.2) is 28.1 Å². The van der Waals surface area contributed by atoms with Crippen LogP contribution in [0, 0.1) is 17.8 Å². The van der Waals surface area contributed by atoms with Crippen molar-refractivity contribution in [3.05, 3.63) is 36.0 Å². The summed E-state index contributed by atoms with van der Waals surface area (Å²) in [5, 5.41) is 18.5. The molecule has 1 aliphatic carbocycles. The molecule has 0 saturated heterocycles. The van der Waals surface area contributed by atoms with E-state index in [0.717, 1.165) is 18.4 Å². The van der Waals surface area contributed by atoms with Gasteiger partial charge in [0.15, 0.2) is 5.78 Å². The highest BCUT2D eigenvalue weighted by Gasteiger charge is 2.21. The van der Waals surface area contributed by atoms with Crippen molar-refractivity contribution in [2.24, 2.45) is 5.92 Å². The van der Waals surface area contributed by atoms with Crippen molar-refractivity contribution < 1.29 is 19.8 Å². The van der Waals surface area contributed by atoms with E-state index in [1.165, 1.54) is 0 Å². The summed E-state index contributed by atoms with van der Waals surface area (Å²) in [4.78, 5) is 22.3. The van der Waals surface area contributed by atoms with Gasteiger partial charge in [-0.3, -0.25) is 9.59 Å². The third kappa shape index (κ3) is 7.94. The number of carbonyl (C=O) groups excluding carboxylic acids is 1. The van der Waals surface area contributed by atoms with E-state index in [9.17, 15) is 14.7 Å². The average Bonchev–Trinajstić information content (AvgIpc) is 2.89. The fourth-order valence-electron chi connectivity index (χ4n) is 2.44. The summed E-state index contributed by atoms with van der Waals surface area (Å²) in [6, 6.07) is 0. The van der Waals surface area contributed by atoms with E-state index in [2.05, 4.69) is 11.8 Å². The van der Waals surface area contributed by atoms with Gasteiger partial charge in [-0.1, -0.05) is 31.2 Å². The Morgan fingerprint density at radius 3 is 2.88 bits per heavy atom. The Morgan fingerprint density at radius 2 is 2.17 bits per heavy atom. The summed E-state index contributed by atoms with van der Waals surface area (Å²) in [6.07, 6.45) is 12.6. The first kappa shape index (κ1) is 19.9. The number of aliphatic hydroxyl groups excluding tert-OH is 1. The van der Waals surface area contributed by atoms with E-state index in [1.807, 2.05) is 31.2 Å². The standard InChI is InChI=1S/C20H26O4/c1-2-3-6-10-17(21)13-14-18-16(12-15-19(18)22)9-7-4-5-8-11-20(23)24/h4,7,12,14-17,21H,2,5,8-11,13H2,1H3,(H,23,24). The van der Waals surface area contributed by atoms with Crippen LogP contribution in [0.4, 0.5) is 0 Å². The summed E-state index contributed by atoms with van der Waals surface area (Å²) in [7, 11) is 0. The summed E-state index contributed by atoms with van der Waals surface area (Å²) in [5.74, 6) is 5.10. The molecule has 4 heteroatoms. The molecule has 0 amide bonds. The first-order valence-electron chi connectivity index (χ1n) is 8.47. The smallest absolute Gasteiger partial charge is 0.303 e. The zero-order valence-electron chi connectivity index (χ0n) is 14.2. The van der Waals surface area contributed by atoms with Gasteiger partial charge in [-0.05, 0) is 31.8 Å². The molecular formula is C20H26O4. The lowest BCUT2D eigenvalue weighted by atomic mass is 9.96. The van der Waals surface area contributed by atoms with E-state index < -0.39 is 12.1 Å². The molecule has 1 aliphatic rings. The van der Waals surface area contributed by atoms with Crippen molar-refractivity contribution in [3.63, 3.8) is 0 Å². The lowest BCUT2D eigenvalue weighted by Gasteiger charge is -2.09. The number of unbranched alkanes of at least 4 members (excludes halogenated alkanes) is 1. The van der Waals surface area contributed by atoms with E-state index in [0.29, 0.717) is 25.7 Å². The largest absolute Gasteiger partial charge is 0.481 e. The molecular weight excluding hydrogens is 304 g/mol. The molecule has 0 saturated carbocycles. The molecule has 24 heavy (non-hydrogen) atoms. The van der Waals surface area contributed by atoms with Crippen LogP contribution in [0.1, 0.15) is 51.9 Å². The number of carbonyl (C=O) groups is 2. The molecule has 0 aromatic rings. The molecule has 0 aliphatic heterocycles. The molecule has 0 aromatic carbocycles. The summed E-state index contributed by atoms with van der Waals surface area (Å²) in [6.45, 7) is 1.96. The highest BCUT2D eigenvalue weighted by Crippen LogP contribution is 2.26. The number of hydrogen-bond donors (Lipinski definition) is 2. The van der Waals surface area contributed by atoms with Crippen LogP contribution in [0.5, 0.6) is 0 Å². The first-order chi connectivity index (χ1) is 11.5. The minimum absolute atomic E-state index is 0.00567. The van der Waals surface area contributed by atoms with Gasteiger partial charge in [0, 0.05) is 30.8 Å². The third-order valence-corrected chi connectivity index (χ3v) is 3.73. The number of ketones is 1. The number of carboxylic acid groups (broad SMARTS) is 1. The van der Waals surface area contributed by atoms with E-state index in [-0.39, 0.29) is 18.1 Å². The maximum absolute atomic E-state index is 11.9. The second-order valence-corrected chi connectivity index (χ2v) is 5.78. The van der Waals surface area contributed by atoms with Gasteiger partial charge >= 0.3 is 5.97 Å². The van der Waals surface area contributed by atoms with Gasteiger partial charge in [0.25, 0.3) is 0 Å². The van der Waals surface area contributed by atoms with Crippen LogP contribution in [0.2, 0.25) is 0 Å². The Bertz CT molecular complexity index is 572. The molecule has 2 N–H and O–H groups in total. The number of rotatable bonds is 9. The molecule has 0 fully saturated rings. The Labute approximate surface area is 144 Å². The van der Waals surface area contributed by atoms with Crippen LogP contribution in [-0.2, 0) is 9.59 Å². The maximum atomic E-state index is 11.9. The lowest BCUT2D eigenvalue weighted by Crippen LogP contribution is -2.07. The summed E-state index contributed by atoms with van der Waals surface area (Å²) < 4.78 is 0. The van der Waals surface area contributed by atoms with Crippen molar-refractivity contribution in [3.8, 4) is 11.8 Å². The van der Waals surface area contributed by atoms with Crippen LogP contribution in [0.3, 0.4) is 0 Å². The number of allylic oxidation sites excluding steroid dienone is 5. The van der Waals surface area contributed by atoms with Crippen molar-refractivity contribution in [2.75, 3.05) is 0 Å². The van der Waals surface area contributed by atoms with Gasteiger partial charge in [-0.25, -0.2) is 0 Å². The van der Waals surface area contributed by atoms with Crippen molar-refractivity contribution in [1.82, 2.24) is 0 Å². The molecule has 130 valence electrons. The summed E-state index contributed by atoms with van der Waals surface area (Å²) in [5.41, 5.74) is 0.729. The third-order valence-electron chi connectivity index (χ3n) is 3.73. The van der Waals surface area contributed by atoms with Gasteiger partial charge in [-0.15, -0.1) is 11.8 Å². The minimum atomic E-state index is -0.778. The minimum Gasteiger partial charge on any atom is -0.481 e. The first-order valence-corrected chi connectivity index (χ1v) is 8.47. The molecule has 0 aromatic heterocycles. The molecule has 4 nitrogen and oxygen atoms in total. The van der Waals surface area contributed by atoms with Gasteiger partial charge < -0.3 is 10.2 Å². The van der Waals surface area contributed by atoms with Gasteiger partial charge in [0.05, 0.1) is 6.10 Å². The van der Waals surface area contributed by atoms with E-state index >= 15 is 0 Å². The average molecular weight is 330 g/mol. The fourth-order valence-corrected chi connectivity index (χ4v) is 2.44. The highest BCUT2D eigenvalue weighted by atomic mass is 16.4.